The first-order chi connectivity index (χ1) is 13.1. The molecule has 0 radical (unpaired) electrons. The van der Waals surface area contributed by atoms with E-state index >= 15 is 0 Å². The van der Waals surface area contributed by atoms with Crippen molar-refractivity contribution in [2.45, 2.75) is 57.7 Å². The Labute approximate surface area is 162 Å². The van der Waals surface area contributed by atoms with Crippen molar-refractivity contribution >= 4 is 23.7 Å². The number of imidazole rings is 1. The van der Waals surface area contributed by atoms with Crippen LogP contribution in [0.2, 0.25) is 0 Å². The molecule has 0 bridgehead atoms. The molecular weight excluding hydrogens is 368 g/mol. The van der Waals surface area contributed by atoms with Gasteiger partial charge < -0.3 is 32.2 Å². The van der Waals surface area contributed by atoms with E-state index in [0.717, 1.165) is 0 Å². The minimum absolute atomic E-state index is 0.0154. The molecule has 156 valence electrons. The van der Waals surface area contributed by atoms with Crippen molar-refractivity contribution in [3.63, 3.8) is 0 Å². The number of nitrogens with zero attached hydrogens (tertiary/aromatic N) is 1. The lowest BCUT2D eigenvalue weighted by molar-refractivity contribution is -0.142. The fraction of sp³-hybridized carbons (Fsp3) is 0.588. The maximum absolute atomic E-state index is 12.6. The molecule has 8 N–H and O–H groups in total. The van der Waals surface area contributed by atoms with Gasteiger partial charge in [-0.15, -0.1) is 0 Å². The third-order valence-corrected chi connectivity index (χ3v) is 3.97. The van der Waals surface area contributed by atoms with Crippen LogP contribution in [0, 0.1) is 5.92 Å². The highest BCUT2D eigenvalue weighted by Crippen LogP contribution is 2.08. The Morgan fingerprint density at radius 2 is 1.82 bits per heavy atom. The molecule has 3 amide bonds. The van der Waals surface area contributed by atoms with E-state index in [0.29, 0.717) is 5.69 Å². The summed E-state index contributed by atoms with van der Waals surface area (Å²) < 4.78 is 0. The number of carboxylic acids is 1. The summed E-state index contributed by atoms with van der Waals surface area (Å²) in [4.78, 5) is 53.7. The number of rotatable bonds is 12. The second-order valence-electron chi connectivity index (χ2n) is 6.98. The Morgan fingerprint density at radius 3 is 2.32 bits per heavy atom. The molecule has 0 saturated carbocycles. The standard InChI is InChI=1S/C17H28N6O5/c1-9(2)5-12(22-15(25)11(18)3-4-14(19)24)16(26)23-13(17(27)28)6-10-7-20-8-21-10/h7-9,11-13H,3-6,18H2,1-2H3,(H2,19,24)(H,20,21)(H,22,25)(H,23,26)(H,27,28). The number of hydrogen-bond donors (Lipinski definition) is 6. The summed E-state index contributed by atoms with van der Waals surface area (Å²) >= 11 is 0. The summed E-state index contributed by atoms with van der Waals surface area (Å²) in [7, 11) is 0. The Morgan fingerprint density at radius 1 is 1.18 bits per heavy atom. The number of amides is 3. The first-order valence-corrected chi connectivity index (χ1v) is 8.94. The molecule has 1 aromatic rings. The summed E-state index contributed by atoms with van der Waals surface area (Å²) in [6, 6.07) is -3.16. The van der Waals surface area contributed by atoms with Crippen molar-refractivity contribution in [3.8, 4) is 0 Å². The SMILES string of the molecule is CC(C)CC(NC(=O)C(N)CCC(N)=O)C(=O)NC(Cc1cnc[nH]1)C(=O)O. The Kier molecular flexibility index (Phi) is 9.09. The number of H-pyrrole nitrogens is 1. The predicted molar refractivity (Wildman–Crippen MR) is 99.6 cm³/mol. The van der Waals surface area contributed by atoms with E-state index in [1.54, 1.807) is 0 Å². The fourth-order valence-electron chi connectivity index (χ4n) is 2.50. The molecule has 28 heavy (non-hydrogen) atoms. The number of carbonyl (C=O) groups excluding carboxylic acids is 3. The van der Waals surface area contributed by atoms with Gasteiger partial charge in [-0.3, -0.25) is 14.4 Å². The molecule has 0 saturated heterocycles. The molecule has 0 fully saturated rings. The van der Waals surface area contributed by atoms with E-state index in [1.807, 2.05) is 13.8 Å². The van der Waals surface area contributed by atoms with Crippen molar-refractivity contribution in [3.05, 3.63) is 18.2 Å². The van der Waals surface area contributed by atoms with Gasteiger partial charge in [0.05, 0.1) is 12.4 Å². The maximum atomic E-state index is 12.6. The van der Waals surface area contributed by atoms with Crippen LogP contribution in [0.1, 0.15) is 38.8 Å². The monoisotopic (exact) mass is 396 g/mol. The molecule has 3 atom stereocenters. The Hall–Kier alpha value is -2.95. The van der Waals surface area contributed by atoms with Gasteiger partial charge in [0, 0.05) is 24.7 Å². The van der Waals surface area contributed by atoms with E-state index in [4.69, 9.17) is 11.5 Å². The zero-order valence-electron chi connectivity index (χ0n) is 16.0. The highest BCUT2D eigenvalue weighted by atomic mass is 16.4. The molecular formula is C17H28N6O5. The first kappa shape index (κ1) is 23.1. The predicted octanol–water partition coefficient (Wildman–Crippen LogP) is -1.35. The number of carbonyl (C=O) groups is 4. The zero-order chi connectivity index (χ0) is 21.3. The molecule has 3 unspecified atom stereocenters. The van der Waals surface area contributed by atoms with Gasteiger partial charge in [0.1, 0.15) is 12.1 Å². The Bertz CT molecular complexity index is 676. The lowest BCUT2D eigenvalue weighted by Crippen LogP contribution is -2.55. The number of aromatic amines is 1. The van der Waals surface area contributed by atoms with Gasteiger partial charge in [0.2, 0.25) is 17.7 Å². The second-order valence-corrected chi connectivity index (χ2v) is 6.98. The van der Waals surface area contributed by atoms with E-state index in [9.17, 15) is 24.3 Å². The summed E-state index contributed by atoms with van der Waals surface area (Å²) in [5.41, 5.74) is 11.3. The van der Waals surface area contributed by atoms with Crippen LogP contribution in [0.3, 0.4) is 0 Å². The van der Waals surface area contributed by atoms with Gasteiger partial charge >= 0.3 is 5.97 Å². The first-order valence-electron chi connectivity index (χ1n) is 8.94. The Balaban J connectivity index is 2.77. The number of carboxylic acid groups (broad SMARTS) is 1. The van der Waals surface area contributed by atoms with E-state index in [2.05, 4.69) is 20.6 Å². The van der Waals surface area contributed by atoms with Gasteiger partial charge in [-0.2, -0.15) is 0 Å². The van der Waals surface area contributed by atoms with Crippen molar-refractivity contribution in [2.75, 3.05) is 0 Å². The summed E-state index contributed by atoms with van der Waals surface area (Å²) in [5, 5.41) is 14.3. The summed E-state index contributed by atoms with van der Waals surface area (Å²) in [6.07, 6.45) is 3.17. The average molecular weight is 396 g/mol. The zero-order valence-corrected chi connectivity index (χ0v) is 16.0. The smallest absolute Gasteiger partial charge is 0.326 e. The molecule has 1 heterocycles. The summed E-state index contributed by atoms with van der Waals surface area (Å²) in [6.45, 7) is 3.72. The largest absolute Gasteiger partial charge is 0.480 e. The third-order valence-electron chi connectivity index (χ3n) is 3.97. The number of hydrogen-bond acceptors (Lipinski definition) is 6. The van der Waals surface area contributed by atoms with Crippen LogP contribution in [-0.2, 0) is 25.6 Å². The van der Waals surface area contributed by atoms with Crippen LogP contribution in [0.25, 0.3) is 0 Å². The highest BCUT2D eigenvalue weighted by Gasteiger charge is 2.29. The van der Waals surface area contributed by atoms with Gasteiger partial charge in [-0.1, -0.05) is 13.8 Å². The molecule has 1 rings (SSSR count). The lowest BCUT2D eigenvalue weighted by Gasteiger charge is -2.24. The van der Waals surface area contributed by atoms with Crippen LogP contribution in [0.15, 0.2) is 12.5 Å². The second kappa shape index (κ2) is 11.0. The van der Waals surface area contributed by atoms with Crippen LogP contribution in [-0.4, -0.2) is 56.9 Å². The highest BCUT2D eigenvalue weighted by molar-refractivity contribution is 5.92. The van der Waals surface area contributed by atoms with Gasteiger partial charge in [-0.25, -0.2) is 9.78 Å². The topological polar surface area (TPSA) is 193 Å². The quantitative estimate of drug-likeness (QED) is 0.251. The fourth-order valence-corrected chi connectivity index (χ4v) is 2.50. The third kappa shape index (κ3) is 8.16. The van der Waals surface area contributed by atoms with Crippen LogP contribution in [0.4, 0.5) is 0 Å². The van der Waals surface area contributed by atoms with Crippen LogP contribution in [0.5, 0.6) is 0 Å². The normalized spacial score (nSPS) is 14.1. The average Bonchev–Trinajstić information content (AvgIpc) is 3.10. The van der Waals surface area contributed by atoms with Crippen molar-refractivity contribution in [1.29, 1.82) is 0 Å². The molecule has 0 spiro atoms. The van der Waals surface area contributed by atoms with Crippen molar-refractivity contribution in [1.82, 2.24) is 20.6 Å². The minimum atomic E-state index is -1.21. The molecule has 11 nitrogen and oxygen atoms in total. The van der Waals surface area contributed by atoms with Gasteiger partial charge in [0.15, 0.2) is 0 Å². The van der Waals surface area contributed by atoms with E-state index < -0.39 is 41.8 Å². The van der Waals surface area contributed by atoms with E-state index in [1.165, 1.54) is 12.5 Å². The number of nitrogens with one attached hydrogen (secondary N) is 3. The number of aliphatic carboxylic acids is 1. The molecule has 11 heteroatoms. The van der Waals surface area contributed by atoms with Crippen LogP contribution >= 0.6 is 0 Å². The number of aromatic nitrogens is 2. The van der Waals surface area contributed by atoms with E-state index in [-0.39, 0.29) is 31.6 Å². The van der Waals surface area contributed by atoms with Crippen molar-refractivity contribution < 1.29 is 24.3 Å². The minimum Gasteiger partial charge on any atom is -0.480 e. The summed E-state index contributed by atoms with van der Waals surface area (Å²) in [5.74, 6) is -2.98. The van der Waals surface area contributed by atoms with Crippen LogP contribution < -0.4 is 22.1 Å². The molecule has 0 aliphatic carbocycles. The molecule has 1 aromatic heterocycles. The molecule has 0 aliphatic rings. The number of nitrogens with two attached hydrogens (primary N) is 2. The van der Waals surface area contributed by atoms with Gasteiger partial charge in [0.25, 0.3) is 0 Å². The molecule has 0 aliphatic heterocycles. The van der Waals surface area contributed by atoms with Crippen molar-refractivity contribution in [2.24, 2.45) is 17.4 Å². The van der Waals surface area contributed by atoms with Gasteiger partial charge in [-0.05, 0) is 18.8 Å². The molecule has 0 aromatic carbocycles. The lowest BCUT2D eigenvalue weighted by atomic mass is 10.0. The maximum Gasteiger partial charge on any atom is 0.326 e. The number of primary amides is 1.